The van der Waals surface area contributed by atoms with Crippen molar-refractivity contribution >= 4 is 11.3 Å². The summed E-state index contributed by atoms with van der Waals surface area (Å²) >= 11 is 1.69. The van der Waals surface area contributed by atoms with Crippen LogP contribution in [0.25, 0.3) is 0 Å². The molecule has 20 heavy (non-hydrogen) atoms. The van der Waals surface area contributed by atoms with Crippen molar-refractivity contribution < 1.29 is 4.39 Å². The minimum Gasteiger partial charge on any atom is -0.301 e. The average molecular weight is 290 g/mol. The first kappa shape index (κ1) is 13.7. The normalized spacial score (nSPS) is 17.9. The minimum absolute atomic E-state index is 0.171. The van der Waals surface area contributed by atoms with Crippen molar-refractivity contribution in [2.24, 2.45) is 5.92 Å². The Bertz CT molecular complexity index is 534. The predicted molar refractivity (Wildman–Crippen MR) is 80.1 cm³/mol. The van der Waals surface area contributed by atoms with Crippen molar-refractivity contribution in [3.05, 3.63) is 52.2 Å². The van der Waals surface area contributed by atoms with Crippen molar-refractivity contribution in [3.63, 3.8) is 0 Å². The van der Waals surface area contributed by atoms with Gasteiger partial charge in [0.05, 0.1) is 6.04 Å². The summed E-state index contributed by atoms with van der Waals surface area (Å²) < 4.78 is 13.1. The number of halogens is 1. The maximum absolute atomic E-state index is 13.1. The number of benzene rings is 1. The highest BCUT2D eigenvalue weighted by Gasteiger charge is 2.33. The molecular formula is C16H19FN2S. The SMILES string of the molecule is CCC(NC(c1ccc(F)cc1)C1CC1)c1nccs1. The van der Waals surface area contributed by atoms with Crippen molar-refractivity contribution in [1.82, 2.24) is 10.3 Å². The van der Waals surface area contributed by atoms with E-state index in [1.807, 2.05) is 23.7 Å². The highest BCUT2D eigenvalue weighted by atomic mass is 32.1. The van der Waals surface area contributed by atoms with Crippen LogP contribution in [0.15, 0.2) is 35.8 Å². The van der Waals surface area contributed by atoms with Crippen molar-refractivity contribution in [2.75, 3.05) is 0 Å². The highest BCUT2D eigenvalue weighted by molar-refractivity contribution is 7.09. The van der Waals surface area contributed by atoms with Crippen LogP contribution in [0.4, 0.5) is 4.39 Å². The first-order valence-corrected chi connectivity index (χ1v) is 8.06. The Morgan fingerprint density at radius 3 is 2.65 bits per heavy atom. The van der Waals surface area contributed by atoms with E-state index in [1.54, 1.807) is 23.5 Å². The fraction of sp³-hybridized carbons (Fsp3) is 0.438. The molecule has 1 aromatic heterocycles. The Balaban J connectivity index is 1.79. The first-order chi connectivity index (χ1) is 9.78. The maximum Gasteiger partial charge on any atom is 0.123 e. The molecule has 0 radical (unpaired) electrons. The third-order valence-electron chi connectivity index (χ3n) is 3.86. The molecule has 2 atom stereocenters. The van der Waals surface area contributed by atoms with Gasteiger partial charge < -0.3 is 5.32 Å². The van der Waals surface area contributed by atoms with Crippen LogP contribution in [0, 0.1) is 11.7 Å². The van der Waals surface area contributed by atoms with E-state index in [9.17, 15) is 4.39 Å². The molecule has 0 saturated heterocycles. The lowest BCUT2D eigenvalue weighted by Gasteiger charge is -2.24. The van der Waals surface area contributed by atoms with Gasteiger partial charge in [0.15, 0.2) is 0 Å². The molecule has 1 aliphatic rings. The topological polar surface area (TPSA) is 24.9 Å². The zero-order valence-electron chi connectivity index (χ0n) is 11.6. The monoisotopic (exact) mass is 290 g/mol. The molecule has 1 aromatic carbocycles. The summed E-state index contributed by atoms with van der Waals surface area (Å²) in [6, 6.07) is 7.50. The summed E-state index contributed by atoms with van der Waals surface area (Å²) in [6.45, 7) is 2.17. The molecule has 1 aliphatic carbocycles. The van der Waals surface area contributed by atoms with E-state index in [2.05, 4.69) is 17.2 Å². The van der Waals surface area contributed by atoms with Gasteiger partial charge in [-0.1, -0.05) is 19.1 Å². The second kappa shape index (κ2) is 6.02. The Labute approximate surface area is 123 Å². The zero-order chi connectivity index (χ0) is 13.9. The lowest BCUT2D eigenvalue weighted by atomic mass is 10.0. The molecule has 1 N–H and O–H groups in total. The van der Waals surface area contributed by atoms with Gasteiger partial charge >= 0.3 is 0 Å². The highest BCUT2D eigenvalue weighted by Crippen LogP contribution is 2.42. The Kier molecular flexibility index (Phi) is 4.13. The molecule has 106 valence electrons. The number of nitrogens with one attached hydrogen (secondary N) is 1. The summed E-state index contributed by atoms with van der Waals surface area (Å²) in [5.41, 5.74) is 1.18. The van der Waals surface area contributed by atoms with Crippen LogP contribution in [0.5, 0.6) is 0 Å². The largest absolute Gasteiger partial charge is 0.301 e. The fourth-order valence-corrected chi connectivity index (χ4v) is 3.37. The van der Waals surface area contributed by atoms with Crippen LogP contribution in [0.3, 0.4) is 0 Å². The Morgan fingerprint density at radius 1 is 1.35 bits per heavy atom. The van der Waals surface area contributed by atoms with Gasteiger partial charge in [0.2, 0.25) is 0 Å². The quantitative estimate of drug-likeness (QED) is 0.848. The second-order valence-corrected chi connectivity index (χ2v) is 6.29. The van der Waals surface area contributed by atoms with Gasteiger partial charge in [-0.05, 0) is 42.9 Å². The van der Waals surface area contributed by atoms with Crippen LogP contribution >= 0.6 is 11.3 Å². The molecule has 3 rings (SSSR count). The molecule has 1 saturated carbocycles. The molecule has 0 bridgehead atoms. The van der Waals surface area contributed by atoms with Crippen molar-refractivity contribution in [2.45, 2.75) is 38.3 Å². The number of rotatable bonds is 6. The van der Waals surface area contributed by atoms with Crippen molar-refractivity contribution in [3.8, 4) is 0 Å². The van der Waals surface area contributed by atoms with Crippen LogP contribution in [-0.4, -0.2) is 4.98 Å². The molecule has 1 heterocycles. The predicted octanol–water partition coefficient (Wildman–Crippen LogP) is 4.47. The number of hydrogen-bond donors (Lipinski definition) is 1. The van der Waals surface area contributed by atoms with Gasteiger partial charge in [-0.15, -0.1) is 11.3 Å². The molecule has 0 aliphatic heterocycles. The summed E-state index contributed by atoms with van der Waals surface area (Å²) in [5.74, 6) is 0.504. The minimum atomic E-state index is -0.171. The Morgan fingerprint density at radius 2 is 2.10 bits per heavy atom. The van der Waals surface area contributed by atoms with Crippen LogP contribution in [0.1, 0.15) is 48.8 Å². The molecule has 2 nitrogen and oxygen atoms in total. The summed E-state index contributed by atoms with van der Waals surface area (Å²) in [4.78, 5) is 4.42. The molecule has 4 heteroatoms. The van der Waals surface area contributed by atoms with E-state index < -0.39 is 0 Å². The fourth-order valence-electron chi connectivity index (χ4n) is 2.59. The number of aromatic nitrogens is 1. The summed E-state index contributed by atoms with van der Waals surface area (Å²) in [5, 5.41) is 6.89. The number of hydrogen-bond acceptors (Lipinski definition) is 3. The zero-order valence-corrected chi connectivity index (χ0v) is 12.4. The molecule has 2 unspecified atom stereocenters. The number of nitrogens with zero attached hydrogens (tertiary/aromatic N) is 1. The van der Waals surface area contributed by atoms with Crippen LogP contribution in [0.2, 0.25) is 0 Å². The third kappa shape index (κ3) is 3.07. The second-order valence-electron chi connectivity index (χ2n) is 5.36. The van der Waals surface area contributed by atoms with E-state index in [1.165, 1.54) is 18.4 Å². The van der Waals surface area contributed by atoms with Crippen molar-refractivity contribution in [1.29, 1.82) is 0 Å². The van der Waals surface area contributed by atoms with E-state index in [-0.39, 0.29) is 11.9 Å². The standard InChI is InChI=1S/C16H19FN2S/c1-2-14(16-18-9-10-20-16)19-15(11-3-4-11)12-5-7-13(17)8-6-12/h5-11,14-15,19H,2-4H2,1H3. The first-order valence-electron chi connectivity index (χ1n) is 7.19. The van der Waals surface area contributed by atoms with Gasteiger partial charge in [0, 0.05) is 17.6 Å². The molecule has 1 fully saturated rings. The summed E-state index contributed by atoms with van der Waals surface area (Å²) in [7, 11) is 0. The molecular weight excluding hydrogens is 271 g/mol. The van der Waals surface area contributed by atoms with E-state index in [4.69, 9.17) is 0 Å². The smallest absolute Gasteiger partial charge is 0.123 e. The van der Waals surface area contributed by atoms with E-state index >= 15 is 0 Å². The van der Waals surface area contributed by atoms with Gasteiger partial charge in [-0.25, -0.2) is 9.37 Å². The molecule has 2 aromatic rings. The number of thiazole rings is 1. The molecule has 0 spiro atoms. The third-order valence-corrected chi connectivity index (χ3v) is 4.75. The maximum atomic E-state index is 13.1. The van der Waals surface area contributed by atoms with E-state index in [0.29, 0.717) is 12.0 Å². The van der Waals surface area contributed by atoms with Crippen LogP contribution < -0.4 is 5.32 Å². The Hall–Kier alpha value is -1.26. The lowest BCUT2D eigenvalue weighted by Crippen LogP contribution is -2.27. The van der Waals surface area contributed by atoms with Gasteiger partial charge in [0.1, 0.15) is 10.8 Å². The van der Waals surface area contributed by atoms with Gasteiger partial charge in [0.25, 0.3) is 0 Å². The van der Waals surface area contributed by atoms with Gasteiger partial charge in [-0.2, -0.15) is 0 Å². The molecule has 0 amide bonds. The van der Waals surface area contributed by atoms with Crippen LogP contribution in [-0.2, 0) is 0 Å². The van der Waals surface area contributed by atoms with Gasteiger partial charge in [-0.3, -0.25) is 0 Å². The van der Waals surface area contributed by atoms with E-state index in [0.717, 1.165) is 11.4 Å². The summed E-state index contributed by atoms with van der Waals surface area (Å²) in [6.07, 6.45) is 5.37. The lowest BCUT2D eigenvalue weighted by molar-refractivity contribution is 0.400. The average Bonchev–Trinajstić information content (AvgIpc) is 3.16.